The van der Waals surface area contributed by atoms with Crippen molar-refractivity contribution in [1.82, 2.24) is 0 Å². The Morgan fingerprint density at radius 1 is 0.484 bits per heavy atom. The van der Waals surface area contributed by atoms with Gasteiger partial charge in [0.15, 0.2) is 6.10 Å². The number of rotatable bonds is 50. The van der Waals surface area contributed by atoms with Gasteiger partial charge in [0.05, 0.1) is 27.7 Å². The quantitative estimate of drug-likeness (QED) is 0.0195. The van der Waals surface area contributed by atoms with Crippen molar-refractivity contribution in [2.75, 3.05) is 47.5 Å². The molecule has 2 atom stereocenters. The Kier molecular flexibility index (Phi) is 45.5. The van der Waals surface area contributed by atoms with Gasteiger partial charge in [-0.05, 0) is 44.9 Å². The molecule has 0 spiro atoms. The molecule has 0 aliphatic rings. The number of phosphoric ester groups is 1. The molecule has 0 saturated heterocycles. The van der Waals surface area contributed by atoms with Crippen LogP contribution in [0.2, 0.25) is 0 Å². The van der Waals surface area contributed by atoms with Gasteiger partial charge >= 0.3 is 11.9 Å². The Hall–Kier alpha value is -1.51. The van der Waals surface area contributed by atoms with Crippen LogP contribution in [-0.4, -0.2) is 70.0 Å². The lowest BCUT2D eigenvalue weighted by molar-refractivity contribution is -0.870. The molecular formula is C54H104NO8P. The molecule has 0 saturated carbocycles. The molecule has 2 unspecified atom stereocenters. The van der Waals surface area contributed by atoms with Crippen molar-refractivity contribution in [3.8, 4) is 0 Å². The van der Waals surface area contributed by atoms with Gasteiger partial charge in [0.25, 0.3) is 7.82 Å². The zero-order chi connectivity index (χ0) is 47.1. The number of hydrogen-bond donors (Lipinski definition) is 0. The van der Waals surface area contributed by atoms with Crippen LogP contribution in [0.1, 0.15) is 258 Å². The fourth-order valence-electron chi connectivity index (χ4n) is 7.75. The average Bonchev–Trinajstić information content (AvgIpc) is 3.25. The van der Waals surface area contributed by atoms with Gasteiger partial charge in [0, 0.05) is 12.8 Å². The van der Waals surface area contributed by atoms with Crippen molar-refractivity contribution in [2.24, 2.45) is 0 Å². The summed E-state index contributed by atoms with van der Waals surface area (Å²) < 4.78 is 34.1. The molecule has 64 heavy (non-hydrogen) atoms. The first-order valence-corrected chi connectivity index (χ1v) is 28.5. The highest BCUT2D eigenvalue weighted by Gasteiger charge is 2.21. The van der Waals surface area contributed by atoms with Crippen molar-refractivity contribution in [2.45, 2.75) is 264 Å². The number of quaternary nitrogens is 1. The highest BCUT2D eigenvalue weighted by atomic mass is 31.2. The average molecular weight is 926 g/mol. The maximum Gasteiger partial charge on any atom is 0.306 e. The van der Waals surface area contributed by atoms with E-state index in [1.165, 1.54) is 173 Å². The lowest BCUT2D eigenvalue weighted by Gasteiger charge is -2.28. The minimum absolute atomic E-state index is 0.0294. The van der Waals surface area contributed by atoms with E-state index in [1.54, 1.807) is 0 Å². The highest BCUT2D eigenvalue weighted by molar-refractivity contribution is 7.45. The molecule has 10 heteroatoms. The maximum atomic E-state index is 12.8. The molecular weight excluding hydrogens is 822 g/mol. The summed E-state index contributed by atoms with van der Waals surface area (Å²) >= 11 is 0. The van der Waals surface area contributed by atoms with Crippen LogP contribution in [0, 0.1) is 0 Å². The minimum Gasteiger partial charge on any atom is -0.756 e. The molecule has 0 aromatic rings. The molecule has 0 aromatic carbocycles. The number of allylic oxidation sites excluding steroid dienone is 4. The van der Waals surface area contributed by atoms with E-state index < -0.39 is 26.5 Å². The van der Waals surface area contributed by atoms with Gasteiger partial charge in [-0.2, -0.15) is 0 Å². The number of nitrogens with zero attached hydrogens (tertiary/aromatic N) is 1. The summed E-state index contributed by atoms with van der Waals surface area (Å²) in [5, 5.41) is 0. The van der Waals surface area contributed by atoms with E-state index in [0.29, 0.717) is 17.4 Å². The lowest BCUT2D eigenvalue weighted by atomic mass is 10.0. The molecule has 0 fully saturated rings. The van der Waals surface area contributed by atoms with Gasteiger partial charge in [0.1, 0.15) is 19.8 Å². The Balaban J connectivity index is 4.20. The fourth-order valence-corrected chi connectivity index (χ4v) is 8.48. The normalized spacial score (nSPS) is 13.5. The second-order valence-electron chi connectivity index (χ2n) is 19.6. The second-order valence-corrected chi connectivity index (χ2v) is 21.0. The van der Waals surface area contributed by atoms with Crippen molar-refractivity contribution >= 4 is 19.8 Å². The molecule has 0 N–H and O–H groups in total. The first kappa shape index (κ1) is 62.5. The summed E-state index contributed by atoms with van der Waals surface area (Å²) in [5.41, 5.74) is 0. The van der Waals surface area contributed by atoms with E-state index in [2.05, 4.69) is 38.2 Å². The molecule has 0 bridgehead atoms. The molecule has 0 aromatic heterocycles. The zero-order valence-electron chi connectivity index (χ0n) is 42.7. The minimum atomic E-state index is -4.63. The number of carbonyl (C=O) groups excluding carboxylic acids is 2. The molecule has 0 rings (SSSR count). The number of esters is 2. The molecule has 0 radical (unpaired) electrons. The van der Waals surface area contributed by atoms with E-state index in [9.17, 15) is 19.0 Å². The summed E-state index contributed by atoms with van der Waals surface area (Å²) in [6.45, 7) is 4.26. The fraction of sp³-hybridized carbons (Fsp3) is 0.889. The number of carbonyl (C=O) groups is 2. The Bertz CT molecular complexity index is 1140. The van der Waals surface area contributed by atoms with E-state index in [4.69, 9.17) is 18.5 Å². The molecule has 9 nitrogen and oxygen atoms in total. The van der Waals surface area contributed by atoms with Gasteiger partial charge in [-0.1, -0.05) is 224 Å². The molecule has 0 aliphatic carbocycles. The van der Waals surface area contributed by atoms with Crippen molar-refractivity contribution in [3.63, 3.8) is 0 Å². The van der Waals surface area contributed by atoms with Crippen LogP contribution in [0.3, 0.4) is 0 Å². The largest absolute Gasteiger partial charge is 0.756 e. The van der Waals surface area contributed by atoms with Gasteiger partial charge in [-0.15, -0.1) is 0 Å². The Labute approximate surface area is 396 Å². The zero-order valence-corrected chi connectivity index (χ0v) is 43.6. The van der Waals surface area contributed by atoms with Gasteiger partial charge in [-0.25, -0.2) is 0 Å². The standard InChI is InChI=1S/C54H104NO8P/c1-6-8-10-12-14-16-18-20-22-24-26-27-29-31-33-35-37-39-41-43-45-47-54(57)63-52(51-62-64(58,59)61-49-48-55(3,4)5)50-60-53(56)46-44-42-40-38-36-34-32-30-28-25-23-21-19-17-15-13-11-9-7-2/h18,20,24,26,52H,6-17,19,21-23,25,27-51H2,1-5H3/b20-18-,26-24-. The predicted octanol–water partition coefficient (Wildman–Crippen LogP) is 15.6. The number of likely N-dealkylation sites (N-methyl/N-ethyl adjacent to an activating group) is 1. The highest BCUT2D eigenvalue weighted by Crippen LogP contribution is 2.38. The van der Waals surface area contributed by atoms with Crippen LogP contribution in [0.5, 0.6) is 0 Å². The summed E-state index contributed by atoms with van der Waals surface area (Å²) in [4.78, 5) is 37.8. The topological polar surface area (TPSA) is 111 Å². The molecule has 0 amide bonds. The van der Waals surface area contributed by atoms with Gasteiger partial charge < -0.3 is 27.9 Å². The molecule has 0 heterocycles. The third kappa shape index (κ3) is 49.9. The maximum absolute atomic E-state index is 12.8. The van der Waals surface area contributed by atoms with Crippen LogP contribution in [-0.2, 0) is 32.7 Å². The number of unbranched alkanes of at least 4 members (excludes halogenated alkanes) is 32. The van der Waals surface area contributed by atoms with Crippen LogP contribution in [0.15, 0.2) is 24.3 Å². The number of ether oxygens (including phenoxy) is 2. The Morgan fingerprint density at radius 3 is 1.23 bits per heavy atom. The van der Waals surface area contributed by atoms with Crippen molar-refractivity contribution in [1.29, 1.82) is 0 Å². The van der Waals surface area contributed by atoms with E-state index in [-0.39, 0.29) is 32.0 Å². The summed E-state index contributed by atoms with van der Waals surface area (Å²) in [6.07, 6.45) is 53.5. The molecule has 378 valence electrons. The van der Waals surface area contributed by atoms with E-state index in [1.807, 2.05) is 21.1 Å². The summed E-state index contributed by atoms with van der Waals surface area (Å²) in [7, 11) is 1.17. The predicted molar refractivity (Wildman–Crippen MR) is 268 cm³/mol. The smallest absolute Gasteiger partial charge is 0.306 e. The van der Waals surface area contributed by atoms with E-state index in [0.717, 1.165) is 51.4 Å². The first-order chi connectivity index (χ1) is 31.0. The SMILES string of the molecule is CCCCCCC/C=C\C/C=C\CCCCCCCCCCCC(=O)OC(COC(=O)CCCCCCCCCCCCCCCCCCCCC)COP(=O)([O-])OCC[N+](C)(C)C. The third-order valence-electron chi connectivity index (χ3n) is 12.0. The van der Waals surface area contributed by atoms with Crippen molar-refractivity contribution < 1.29 is 42.1 Å². The van der Waals surface area contributed by atoms with Crippen molar-refractivity contribution in [3.05, 3.63) is 24.3 Å². The molecule has 0 aliphatic heterocycles. The second kappa shape index (κ2) is 46.6. The summed E-state index contributed by atoms with van der Waals surface area (Å²) in [6, 6.07) is 0. The number of hydrogen-bond acceptors (Lipinski definition) is 8. The van der Waals surface area contributed by atoms with Gasteiger partial charge in [-0.3, -0.25) is 14.2 Å². The summed E-state index contributed by atoms with van der Waals surface area (Å²) in [5.74, 6) is -0.825. The van der Waals surface area contributed by atoms with Crippen LogP contribution in [0.4, 0.5) is 0 Å². The third-order valence-corrected chi connectivity index (χ3v) is 12.9. The van der Waals surface area contributed by atoms with E-state index >= 15 is 0 Å². The monoisotopic (exact) mass is 926 g/mol. The van der Waals surface area contributed by atoms with Crippen LogP contribution < -0.4 is 4.89 Å². The Morgan fingerprint density at radius 2 is 0.844 bits per heavy atom. The number of phosphoric acid groups is 1. The first-order valence-electron chi connectivity index (χ1n) is 27.0. The van der Waals surface area contributed by atoms with Gasteiger partial charge in [0.2, 0.25) is 0 Å². The van der Waals surface area contributed by atoms with Crippen LogP contribution in [0.25, 0.3) is 0 Å². The lowest BCUT2D eigenvalue weighted by Crippen LogP contribution is -2.37. The van der Waals surface area contributed by atoms with Crippen LogP contribution >= 0.6 is 7.82 Å².